The van der Waals surface area contributed by atoms with Gasteiger partial charge in [0.05, 0.1) is 5.75 Å². The summed E-state index contributed by atoms with van der Waals surface area (Å²) in [7, 11) is 0. The summed E-state index contributed by atoms with van der Waals surface area (Å²) in [4.78, 5) is 24.0. The molecule has 0 unspecified atom stereocenters. The normalized spacial score (nSPS) is 11.9. The molecule has 1 aliphatic rings. The molecule has 8 heteroatoms. The molecule has 26 heavy (non-hydrogen) atoms. The number of ether oxygens (including phenoxy) is 2. The van der Waals surface area contributed by atoms with Gasteiger partial charge in [-0.1, -0.05) is 18.2 Å². The molecular formula is C18H17FN2O4S. The van der Waals surface area contributed by atoms with Crippen LogP contribution < -0.4 is 20.3 Å². The molecule has 0 radical (unpaired) electrons. The van der Waals surface area contributed by atoms with Crippen LogP contribution in [0.15, 0.2) is 47.4 Å². The maximum atomic E-state index is 13.5. The number of carbonyl (C=O) groups excluding carboxylic acids is 2. The third-order valence-corrected chi connectivity index (χ3v) is 4.66. The van der Waals surface area contributed by atoms with Crippen LogP contribution in [0.4, 0.5) is 4.39 Å². The molecule has 2 amide bonds. The topological polar surface area (TPSA) is 76.7 Å². The minimum absolute atomic E-state index is 0.00335. The first kappa shape index (κ1) is 18.1. The molecule has 6 nitrogen and oxygen atoms in total. The van der Waals surface area contributed by atoms with Gasteiger partial charge in [0, 0.05) is 11.3 Å². The van der Waals surface area contributed by atoms with E-state index >= 15 is 0 Å². The van der Waals surface area contributed by atoms with Crippen molar-refractivity contribution in [3.05, 3.63) is 53.8 Å². The van der Waals surface area contributed by atoms with Crippen molar-refractivity contribution >= 4 is 23.6 Å². The number of halogens is 1. The Balaban J connectivity index is 1.37. The van der Waals surface area contributed by atoms with Crippen LogP contribution >= 0.6 is 11.8 Å². The third-order valence-electron chi connectivity index (χ3n) is 3.61. The van der Waals surface area contributed by atoms with Gasteiger partial charge in [-0.3, -0.25) is 20.4 Å². The van der Waals surface area contributed by atoms with Crippen LogP contribution in [0.5, 0.6) is 11.5 Å². The van der Waals surface area contributed by atoms with E-state index < -0.39 is 5.91 Å². The Morgan fingerprint density at radius 1 is 1.04 bits per heavy atom. The van der Waals surface area contributed by atoms with Crippen molar-refractivity contribution in [2.24, 2.45) is 0 Å². The van der Waals surface area contributed by atoms with Crippen LogP contribution in [0, 0.1) is 5.82 Å². The second-order valence-electron chi connectivity index (χ2n) is 5.50. The fourth-order valence-corrected chi connectivity index (χ4v) is 3.04. The van der Waals surface area contributed by atoms with E-state index in [2.05, 4.69) is 10.9 Å². The second kappa shape index (κ2) is 8.57. The van der Waals surface area contributed by atoms with Gasteiger partial charge in [0.25, 0.3) is 0 Å². The van der Waals surface area contributed by atoms with Crippen molar-refractivity contribution in [2.75, 3.05) is 12.5 Å². The van der Waals surface area contributed by atoms with Crippen molar-refractivity contribution in [3.63, 3.8) is 0 Å². The molecule has 2 aromatic rings. The molecule has 136 valence electrons. The molecule has 2 N–H and O–H groups in total. The van der Waals surface area contributed by atoms with Gasteiger partial charge in [-0.15, -0.1) is 11.8 Å². The Morgan fingerprint density at radius 2 is 1.81 bits per heavy atom. The summed E-state index contributed by atoms with van der Waals surface area (Å²) in [6.07, 6.45) is 0.711. The van der Waals surface area contributed by atoms with Crippen LogP contribution in [0.2, 0.25) is 0 Å². The minimum Gasteiger partial charge on any atom is -0.454 e. The zero-order valence-electron chi connectivity index (χ0n) is 13.8. The predicted molar refractivity (Wildman–Crippen MR) is 94.3 cm³/mol. The number of rotatable bonds is 6. The first-order valence-electron chi connectivity index (χ1n) is 7.95. The van der Waals surface area contributed by atoms with Gasteiger partial charge in [-0.2, -0.15) is 0 Å². The van der Waals surface area contributed by atoms with E-state index in [1.165, 1.54) is 6.07 Å². The number of thioether (sulfide) groups is 1. The molecule has 1 aliphatic heterocycles. The smallest absolute Gasteiger partial charge is 0.248 e. The summed E-state index contributed by atoms with van der Waals surface area (Å²) >= 11 is 1.06. The quantitative estimate of drug-likeness (QED) is 0.598. The first-order valence-corrected chi connectivity index (χ1v) is 8.94. The minimum atomic E-state index is -0.408. The van der Waals surface area contributed by atoms with E-state index in [0.29, 0.717) is 22.8 Å². The molecule has 0 atom stereocenters. The Hall–Kier alpha value is -2.74. The van der Waals surface area contributed by atoms with Gasteiger partial charge in [-0.05, 0) is 36.2 Å². The van der Waals surface area contributed by atoms with E-state index in [-0.39, 0.29) is 30.7 Å². The fourth-order valence-electron chi connectivity index (χ4n) is 2.30. The Labute approximate surface area is 154 Å². The highest BCUT2D eigenvalue weighted by Crippen LogP contribution is 2.32. The van der Waals surface area contributed by atoms with Crippen LogP contribution in [-0.2, 0) is 16.0 Å². The highest BCUT2D eigenvalue weighted by molar-refractivity contribution is 8.00. The van der Waals surface area contributed by atoms with E-state index in [9.17, 15) is 14.0 Å². The molecule has 1 heterocycles. The maximum absolute atomic E-state index is 13.5. The highest BCUT2D eigenvalue weighted by atomic mass is 32.2. The van der Waals surface area contributed by atoms with Crippen LogP contribution in [0.25, 0.3) is 0 Å². The van der Waals surface area contributed by atoms with E-state index in [1.807, 2.05) is 12.1 Å². The van der Waals surface area contributed by atoms with Crippen molar-refractivity contribution in [3.8, 4) is 11.5 Å². The zero-order valence-corrected chi connectivity index (χ0v) is 14.6. The summed E-state index contributed by atoms with van der Waals surface area (Å²) in [6.45, 7) is 0.205. The highest BCUT2D eigenvalue weighted by Gasteiger charge is 2.14. The standard InChI is InChI=1S/C18H17FN2O4S/c19-13-3-1-2-4-16(13)26-10-18(23)21-20-17(22)8-6-12-5-7-14-15(9-12)25-11-24-14/h1-5,7,9H,6,8,10-11H2,(H,20,22)(H,21,23). The van der Waals surface area contributed by atoms with Gasteiger partial charge < -0.3 is 9.47 Å². The largest absolute Gasteiger partial charge is 0.454 e. The monoisotopic (exact) mass is 376 g/mol. The maximum Gasteiger partial charge on any atom is 0.248 e. The summed E-state index contributed by atoms with van der Waals surface area (Å²) in [5.74, 6) is 0.266. The Morgan fingerprint density at radius 3 is 2.65 bits per heavy atom. The van der Waals surface area contributed by atoms with Gasteiger partial charge in [0.1, 0.15) is 5.82 Å². The lowest BCUT2D eigenvalue weighted by Gasteiger charge is -2.08. The summed E-state index contributed by atoms with van der Waals surface area (Å²) in [5.41, 5.74) is 5.61. The molecule has 0 saturated carbocycles. The van der Waals surface area contributed by atoms with E-state index in [1.54, 1.807) is 24.3 Å². The van der Waals surface area contributed by atoms with Crippen molar-refractivity contribution < 1.29 is 23.5 Å². The number of hydrazine groups is 1. The second-order valence-corrected chi connectivity index (χ2v) is 6.52. The average Bonchev–Trinajstić information content (AvgIpc) is 3.12. The van der Waals surface area contributed by atoms with Crippen molar-refractivity contribution in [1.29, 1.82) is 0 Å². The molecule has 0 fully saturated rings. The number of carbonyl (C=O) groups is 2. The summed E-state index contributed by atoms with van der Waals surface area (Å²) in [6, 6.07) is 11.7. The average molecular weight is 376 g/mol. The lowest BCUT2D eigenvalue weighted by atomic mass is 10.1. The molecule has 0 saturated heterocycles. The number of aryl methyl sites for hydroxylation is 1. The zero-order chi connectivity index (χ0) is 18.4. The number of nitrogens with one attached hydrogen (secondary N) is 2. The lowest BCUT2D eigenvalue weighted by molar-refractivity contribution is -0.127. The summed E-state index contributed by atoms with van der Waals surface area (Å²) in [5, 5.41) is 0. The number of fused-ring (bicyclic) bond motifs is 1. The molecule has 3 rings (SSSR count). The van der Waals surface area contributed by atoms with E-state index in [0.717, 1.165) is 17.3 Å². The summed E-state index contributed by atoms with van der Waals surface area (Å²) < 4.78 is 24.0. The molecule has 0 aliphatic carbocycles. The number of hydrogen-bond acceptors (Lipinski definition) is 5. The molecular weight excluding hydrogens is 359 g/mol. The van der Waals surface area contributed by atoms with Crippen LogP contribution in [-0.4, -0.2) is 24.4 Å². The van der Waals surface area contributed by atoms with Crippen LogP contribution in [0.3, 0.4) is 0 Å². The Bertz CT molecular complexity index is 816. The number of amides is 2. The third kappa shape index (κ3) is 4.89. The van der Waals surface area contributed by atoms with E-state index in [4.69, 9.17) is 9.47 Å². The molecule has 0 bridgehead atoms. The van der Waals surface area contributed by atoms with Gasteiger partial charge in [0.2, 0.25) is 18.6 Å². The predicted octanol–water partition coefficient (Wildman–Crippen LogP) is 2.43. The number of hydrogen-bond donors (Lipinski definition) is 2. The fraction of sp³-hybridized carbons (Fsp3) is 0.222. The van der Waals surface area contributed by atoms with Crippen molar-refractivity contribution in [2.45, 2.75) is 17.7 Å². The first-order chi connectivity index (χ1) is 12.6. The molecule has 0 aromatic heterocycles. The lowest BCUT2D eigenvalue weighted by Crippen LogP contribution is -2.42. The van der Waals surface area contributed by atoms with Gasteiger partial charge in [-0.25, -0.2) is 4.39 Å². The van der Waals surface area contributed by atoms with Gasteiger partial charge in [0.15, 0.2) is 11.5 Å². The Kier molecular flexibility index (Phi) is 5.96. The SMILES string of the molecule is O=C(CCc1ccc2c(c1)OCO2)NNC(=O)CSc1ccccc1F. The number of benzene rings is 2. The molecule has 2 aromatic carbocycles. The van der Waals surface area contributed by atoms with Crippen molar-refractivity contribution in [1.82, 2.24) is 10.9 Å². The molecule has 0 spiro atoms. The van der Waals surface area contributed by atoms with Crippen LogP contribution in [0.1, 0.15) is 12.0 Å². The van der Waals surface area contributed by atoms with Gasteiger partial charge >= 0.3 is 0 Å².